The highest BCUT2D eigenvalue weighted by atomic mass is 32.2. The van der Waals surface area contributed by atoms with Crippen LogP contribution in [0.5, 0.6) is 0 Å². The zero-order chi connectivity index (χ0) is 18.1. The van der Waals surface area contributed by atoms with Gasteiger partial charge in [-0.1, -0.05) is 36.4 Å². The fraction of sp³-hybridized carbons (Fsp3) is 0.200. The second-order valence-corrected chi connectivity index (χ2v) is 7.62. The lowest BCUT2D eigenvalue weighted by molar-refractivity contribution is 0.612. The van der Waals surface area contributed by atoms with E-state index in [1.807, 2.05) is 48.5 Å². The van der Waals surface area contributed by atoms with Crippen molar-refractivity contribution in [2.45, 2.75) is 25.7 Å². The van der Waals surface area contributed by atoms with Crippen LogP contribution < -0.4 is 11.5 Å². The van der Waals surface area contributed by atoms with Crippen molar-refractivity contribution in [1.82, 2.24) is 0 Å². The maximum atomic E-state index is 11.9. The summed E-state index contributed by atoms with van der Waals surface area (Å²) in [5.41, 5.74) is 15.0. The molecular weight excluding hydrogens is 332 g/mol. The average molecular weight is 356 g/mol. The van der Waals surface area contributed by atoms with E-state index in [2.05, 4.69) is 0 Å². The third-order valence-electron chi connectivity index (χ3n) is 3.73. The smallest absolute Gasteiger partial charge is 0.192 e. The van der Waals surface area contributed by atoms with Crippen molar-refractivity contribution in [2.24, 2.45) is 0 Å². The van der Waals surface area contributed by atoms with E-state index in [1.54, 1.807) is 12.2 Å². The van der Waals surface area contributed by atoms with Gasteiger partial charge in [0.05, 0.1) is 0 Å². The standard InChI is InChI=1S/C20H24N2O2S/c21-19-11-7-17(8-12-19)5-1-3-15-25(23,24)16-4-2-6-18-9-13-20(22)14-10-18/h3-4,7-16H,1-2,5-6,21-22H2. The van der Waals surface area contributed by atoms with Gasteiger partial charge in [-0.15, -0.1) is 0 Å². The second-order valence-electron chi connectivity index (χ2n) is 5.89. The molecule has 0 aromatic heterocycles. The maximum absolute atomic E-state index is 11.9. The molecule has 4 N–H and O–H groups in total. The van der Waals surface area contributed by atoms with Crippen LogP contribution in [-0.4, -0.2) is 8.42 Å². The third kappa shape index (κ3) is 7.27. The first-order valence-electron chi connectivity index (χ1n) is 8.22. The van der Waals surface area contributed by atoms with Crippen molar-refractivity contribution in [3.63, 3.8) is 0 Å². The SMILES string of the molecule is Nc1ccc(CCC=CS(=O)(=O)C=CCCc2ccc(N)cc2)cc1. The van der Waals surface area contributed by atoms with E-state index in [0.29, 0.717) is 12.8 Å². The molecule has 0 unspecified atom stereocenters. The minimum Gasteiger partial charge on any atom is -0.399 e. The van der Waals surface area contributed by atoms with Gasteiger partial charge in [-0.3, -0.25) is 0 Å². The highest BCUT2D eigenvalue weighted by molar-refractivity contribution is 7.97. The Balaban J connectivity index is 1.76. The van der Waals surface area contributed by atoms with Crippen LogP contribution in [0.3, 0.4) is 0 Å². The van der Waals surface area contributed by atoms with Gasteiger partial charge in [0.1, 0.15) is 0 Å². The Bertz CT molecular complexity index is 756. The number of sulfone groups is 1. The van der Waals surface area contributed by atoms with Crippen molar-refractivity contribution < 1.29 is 8.42 Å². The number of allylic oxidation sites excluding steroid dienone is 2. The number of nitrogens with two attached hydrogens (primary N) is 2. The van der Waals surface area contributed by atoms with Crippen molar-refractivity contribution >= 4 is 21.2 Å². The Morgan fingerprint density at radius 2 is 1.04 bits per heavy atom. The second kappa shape index (κ2) is 9.08. The van der Waals surface area contributed by atoms with Crippen LogP contribution >= 0.6 is 0 Å². The van der Waals surface area contributed by atoms with Gasteiger partial charge < -0.3 is 11.5 Å². The molecule has 0 spiro atoms. The third-order valence-corrected chi connectivity index (χ3v) is 4.87. The van der Waals surface area contributed by atoms with Gasteiger partial charge in [0.15, 0.2) is 9.84 Å². The van der Waals surface area contributed by atoms with Crippen LogP contribution in [0.2, 0.25) is 0 Å². The first kappa shape index (κ1) is 18.8. The molecule has 0 aliphatic rings. The number of anilines is 2. The monoisotopic (exact) mass is 356 g/mol. The summed E-state index contributed by atoms with van der Waals surface area (Å²) < 4.78 is 23.9. The van der Waals surface area contributed by atoms with E-state index in [0.717, 1.165) is 35.3 Å². The molecular formula is C20H24N2O2S. The van der Waals surface area contributed by atoms with Crippen LogP contribution in [0.15, 0.2) is 71.5 Å². The van der Waals surface area contributed by atoms with Gasteiger partial charge in [0.2, 0.25) is 0 Å². The molecule has 0 saturated carbocycles. The molecule has 2 aromatic rings. The van der Waals surface area contributed by atoms with Crippen molar-refractivity contribution in [2.75, 3.05) is 11.5 Å². The molecule has 0 fully saturated rings. The average Bonchev–Trinajstić information content (AvgIpc) is 2.59. The summed E-state index contributed by atoms with van der Waals surface area (Å²) in [6.45, 7) is 0. The van der Waals surface area contributed by atoms with Gasteiger partial charge in [0.25, 0.3) is 0 Å². The Morgan fingerprint density at radius 3 is 1.40 bits per heavy atom. The molecule has 0 aliphatic heterocycles. The van der Waals surface area contributed by atoms with Crippen LogP contribution in [-0.2, 0) is 22.7 Å². The van der Waals surface area contributed by atoms with E-state index in [-0.39, 0.29) is 0 Å². The summed E-state index contributed by atoms with van der Waals surface area (Å²) in [6, 6.07) is 15.2. The molecule has 2 aromatic carbocycles. The van der Waals surface area contributed by atoms with Crippen molar-refractivity contribution in [1.29, 1.82) is 0 Å². The lowest BCUT2D eigenvalue weighted by Gasteiger charge is -1.99. The molecule has 132 valence electrons. The summed E-state index contributed by atoms with van der Waals surface area (Å²) in [5, 5.41) is 2.54. The summed E-state index contributed by atoms with van der Waals surface area (Å²) >= 11 is 0. The van der Waals surface area contributed by atoms with Gasteiger partial charge in [-0.2, -0.15) is 0 Å². The maximum Gasteiger partial charge on any atom is 0.192 e. The van der Waals surface area contributed by atoms with Gasteiger partial charge in [-0.25, -0.2) is 8.42 Å². The fourth-order valence-corrected chi connectivity index (χ4v) is 3.22. The lowest BCUT2D eigenvalue weighted by atomic mass is 10.1. The van der Waals surface area contributed by atoms with Gasteiger partial charge in [-0.05, 0) is 61.1 Å². The van der Waals surface area contributed by atoms with Crippen molar-refractivity contribution in [3.05, 3.63) is 82.6 Å². The Morgan fingerprint density at radius 1 is 0.680 bits per heavy atom. The van der Waals surface area contributed by atoms with Crippen LogP contribution in [0.4, 0.5) is 11.4 Å². The molecule has 0 amide bonds. The van der Waals surface area contributed by atoms with E-state index < -0.39 is 9.84 Å². The molecule has 0 bridgehead atoms. The fourth-order valence-electron chi connectivity index (χ4n) is 2.32. The van der Waals surface area contributed by atoms with Crippen LogP contribution in [0.25, 0.3) is 0 Å². The summed E-state index contributed by atoms with van der Waals surface area (Å²) in [7, 11) is -3.30. The number of benzene rings is 2. The molecule has 0 aliphatic carbocycles. The topological polar surface area (TPSA) is 86.2 Å². The highest BCUT2D eigenvalue weighted by Crippen LogP contribution is 2.10. The Hall–Kier alpha value is -2.53. The molecule has 25 heavy (non-hydrogen) atoms. The predicted molar refractivity (Wildman–Crippen MR) is 106 cm³/mol. The summed E-state index contributed by atoms with van der Waals surface area (Å²) in [4.78, 5) is 0. The minimum absolute atomic E-state index is 0.669. The number of hydrogen-bond donors (Lipinski definition) is 2. The Labute approximate surface area is 149 Å². The molecule has 0 saturated heterocycles. The van der Waals surface area contributed by atoms with Gasteiger partial charge in [0, 0.05) is 22.2 Å². The molecule has 0 atom stereocenters. The molecule has 0 heterocycles. The highest BCUT2D eigenvalue weighted by Gasteiger charge is 1.99. The zero-order valence-corrected chi connectivity index (χ0v) is 15.0. The normalized spacial score (nSPS) is 12.2. The van der Waals surface area contributed by atoms with E-state index in [1.165, 1.54) is 10.8 Å². The molecule has 0 radical (unpaired) electrons. The van der Waals surface area contributed by atoms with Crippen molar-refractivity contribution in [3.8, 4) is 0 Å². The predicted octanol–water partition coefficient (Wildman–Crippen LogP) is 3.86. The first-order valence-corrected chi connectivity index (χ1v) is 9.82. The van der Waals surface area contributed by atoms with E-state index in [9.17, 15) is 8.42 Å². The lowest BCUT2D eigenvalue weighted by Crippen LogP contribution is -1.90. The zero-order valence-electron chi connectivity index (χ0n) is 14.1. The number of rotatable bonds is 8. The number of nitrogen functional groups attached to an aromatic ring is 2. The van der Waals surface area contributed by atoms with Crippen LogP contribution in [0.1, 0.15) is 24.0 Å². The summed E-state index contributed by atoms with van der Waals surface area (Å²) in [5.74, 6) is 0. The number of hydrogen-bond acceptors (Lipinski definition) is 4. The van der Waals surface area contributed by atoms with Crippen LogP contribution in [0, 0.1) is 0 Å². The quantitative estimate of drug-likeness (QED) is 0.703. The Kier molecular flexibility index (Phi) is 6.83. The van der Waals surface area contributed by atoms with E-state index in [4.69, 9.17) is 11.5 Å². The molecule has 2 rings (SSSR count). The molecule has 5 heteroatoms. The first-order chi connectivity index (χ1) is 11.9. The van der Waals surface area contributed by atoms with E-state index >= 15 is 0 Å². The number of aryl methyl sites for hydroxylation is 2. The minimum atomic E-state index is -3.30. The summed E-state index contributed by atoms with van der Waals surface area (Å²) in [6.07, 6.45) is 6.29. The molecule has 4 nitrogen and oxygen atoms in total. The van der Waals surface area contributed by atoms with Gasteiger partial charge >= 0.3 is 0 Å². The largest absolute Gasteiger partial charge is 0.399 e.